The molecule has 0 aliphatic heterocycles. The van der Waals surface area contributed by atoms with Crippen molar-refractivity contribution < 1.29 is 9.18 Å². The van der Waals surface area contributed by atoms with E-state index in [0.717, 1.165) is 32.1 Å². The van der Waals surface area contributed by atoms with Crippen molar-refractivity contribution in [2.45, 2.75) is 73.9 Å². The molecule has 0 radical (unpaired) electrons. The molecule has 1 aromatic heterocycles. The maximum atomic E-state index is 14.3. The van der Waals surface area contributed by atoms with Crippen LogP contribution in [0.2, 0.25) is 0 Å². The SMILES string of the molecule is C[C@H](Sc1nnc(-c2ccccc2F)n1C1CC1)C(=O)NC1(C#N)CCCCC1. The zero-order valence-corrected chi connectivity index (χ0v) is 17.2. The number of thioether (sulfide) groups is 1. The summed E-state index contributed by atoms with van der Waals surface area (Å²) < 4.78 is 16.3. The fraction of sp³-hybridized carbons (Fsp3) is 0.524. The van der Waals surface area contributed by atoms with Gasteiger partial charge in [0.1, 0.15) is 11.4 Å². The highest BCUT2D eigenvalue weighted by atomic mass is 32.2. The number of carbonyl (C=O) groups is 1. The number of rotatable bonds is 6. The maximum absolute atomic E-state index is 14.3. The van der Waals surface area contributed by atoms with Crippen molar-refractivity contribution in [1.82, 2.24) is 20.1 Å². The van der Waals surface area contributed by atoms with Crippen molar-refractivity contribution in [3.05, 3.63) is 30.1 Å². The van der Waals surface area contributed by atoms with E-state index < -0.39 is 10.8 Å². The average molecular weight is 414 g/mol. The Labute approximate surface area is 173 Å². The van der Waals surface area contributed by atoms with Crippen LogP contribution in [-0.4, -0.2) is 31.5 Å². The molecule has 2 aliphatic rings. The fourth-order valence-electron chi connectivity index (χ4n) is 3.81. The van der Waals surface area contributed by atoms with Crippen molar-refractivity contribution in [1.29, 1.82) is 5.26 Å². The van der Waals surface area contributed by atoms with Gasteiger partial charge in [-0.2, -0.15) is 5.26 Å². The highest BCUT2D eigenvalue weighted by molar-refractivity contribution is 8.00. The minimum Gasteiger partial charge on any atom is -0.337 e. The van der Waals surface area contributed by atoms with E-state index in [9.17, 15) is 14.4 Å². The molecular weight excluding hydrogens is 389 g/mol. The van der Waals surface area contributed by atoms with Gasteiger partial charge >= 0.3 is 0 Å². The molecule has 1 aromatic carbocycles. The van der Waals surface area contributed by atoms with Crippen LogP contribution in [0.3, 0.4) is 0 Å². The highest BCUT2D eigenvalue weighted by Gasteiger charge is 2.36. The Hall–Kier alpha value is -2.40. The Bertz CT molecular complexity index is 943. The van der Waals surface area contributed by atoms with Crippen LogP contribution in [0.15, 0.2) is 29.4 Å². The van der Waals surface area contributed by atoms with Gasteiger partial charge in [0, 0.05) is 6.04 Å². The smallest absolute Gasteiger partial charge is 0.234 e. The van der Waals surface area contributed by atoms with Crippen molar-refractivity contribution >= 4 is 17.7 Å². The molecule has 2 aromatic rings. The summed E-state index contributed by atoms with van der Waals surface area (Å²) in [5.74, 6) is -0.00451. The first-order valence-electron chi connectivity index (χ1n) is 10.1. The summed E-state index contributed by atoms with van der Waals surface area (Å²) in [7, 11) is 0. The van der Waals surface area contributed by atoms with Crippen molar-refractivity contribution in [2.75, 3.05) is 0 Å². The lowest BCUT2D eigenvalue weighted by atomic mass is 9.83. The van der Waals surface area contributed by atoms with Crippen LogP contribution in [0.4, 0.5) is 4.39 Å². The summed E-state index contributed by atoms with van der Waals surface area (Å²) in [4.78, 5) is 12.8. The van der Waals surface area contributed by atoms with Gasteiger partial charge in [-0.1, -0.05) is 43.2 Å². The van der Waals surface area contributed by atoms with Gasteiger partial charge in [0.15, 0.2) is 11.0 Å². The lowest BCUT2D eigenvalue weighted by Gasteiger charge is -2.32. The third kappa shape index (κ3) is 4.15. The molecule has 4 rings (SSSR count). The number of hydrogen-bond donors (Lipinski definition) is 1. The molecule has 29 heavy (non-hydrogen) atoms. The Morgan fingerprint density at radius 2 is 2.03 bits per heavy atom. The first kappa shape index (κ1) is 19.9. The Morgan fingerprint density at radius 1 is 1.31 bits per heavy atom. The van der Waals surface area contributed by atoms with E-state index in [1.165, 1.54) is 17.8 Å². The third-order valence-electron chi connectivity index (χ3n) is 5.63. The van der Waals surface area contributed by atoms with Gasteiger partial charge in [0.2, 0.25) is 5.91 Å². The van der Waals surface area contributed by atoms with Gasteiger partial charge in [0.05, 0.1) is 16.9 Å². The van der Waals surface area contributed by atoms with Gasteiger partial charge in [-0.25, -0.2) is 4.39 Å². The minimum atomic E-state index is -0.757. The second-order valence-corrected chi connectivity index (χ2v) is 9.20. The zero-order chi connectivity index (χ0) is 20.4. The number of carbonyl (C=O) groups excluding carboxylic acids is 1. The van der Waals surface area contributed by atoms with Crippen LogP contribution in [0.5, 0.6) is 0 Å². The van der Waals surface area contributed by atoms with Gasteiger partial charge in [-0.3, -0.25) is 9.36 Å². The van der Waals surface area contributed by atoms with Crippen LogP contribution in [0.25, 0.3) is 11.4 Å². The van der Waals surface area contributed by atoms with E-state index in [1.807, 2.05) is 11.5 Å². The molecule has 1 N–H and O–H groups in total. The lowest BCUT2D eigenvalue weighted by molar-refractivity contribution is -0.121. The Morgan fingerprint density at radius 3 is 2.69 bits per heavy atom. The summed E-state index contributed by atoms with van der Waals surface area (Å²) in [6.45, 7) is 1.81. The Kier molecular flexibility index (Phi) is 5.59. The molecule has 0 saturated heterocycles. The number of halogens is 1. The van der Waals surface area contributed by atoms with E-state index in [0.29, 0.717) is 29.4 Å². The number of amides is 1. The van der Waals surface area contributed by atoms with E-state index in [2.05, 4.69) is 21.6 Å². The molecule has 2 saturated carbocycles. The standard InChI is InChI=1S/C21H24FN5OS/c1-14(19(28)24-21(13-23)11-5-2-6-12-21)29-20-26-25-18(27(20)15-9-10-15)16-7-3-4-8-17(16)22/h3-4,7-8,14-15H,2,5-6,9-12H2,1H3,(H,24,28)/t14-/m0/s1. The first-order valence-corrected chi connectivity index (χ1v) is 11.0. The van der Waals surface area contributed by atoms with Gasteiger partial charge in [-0.15, -0.1) is 10.2 Å². The van der Waals surface area contributed by atoms with Crippen molar-refractivity contribution in [3.8, 4) is 17.5 Å². The van der Waals surface area contributed by atoms with Crippen molar-refractivity contribution in [3.63, 3.8) is 0 Å². The number of aromatic nitrogens is 3. The van der Waals surface area contributed by atoms with Crippen LogP contribution in [0.1, 0.15) is 57.9 Å². The quantitative estimate of drug-likeness (QED) is 0.716. The molecule has 0 spiro atoms. The van der Waals surface area contributed by atoms with Crippen molar-refractivity contribution in [2.24, 2.45) is 0 Å². The topological polar surface area (TPSA) is 83.6 Å². The van der Waals surface area contributed by atoms with Crippen LogP contribution < -0.4 is 5.32 Å². The maximum Gasteiger partial charge on any atom is 0.234 e. The van der Waals surface area contributed by atoms with E-state index in [4.69, 9.17) is 0 Å². The summed E-state index contributed by atoms with van der Waals surface area (Å²) in [5, 5.41) is 21.3. The molecule has 2 aliphatic carbocycles. The summed E-state index contributed by atoms with van der Waals surface area (Å²) in [5.41, 5.74) is -0.339. The lowest BCUT2D eigenvalue weighted by Crippen LogP contribution is -2.51. The molecule has 1 amide bonds. The van der Waals surface area contributed by atoms with E-state index in [1.54, 1.807) is 18.2 Å². The monoisotopic (exact) mass is 413 g/mol. The predicted molar refractivity (Wildman–Crippen MR) is 109 cm³/mol. The van der Waals surface area contributed by atoms with E-state index in [-0.39, 0.29) is 17.8 Å². The fourth-order valence-corrected chi connectivity index (χ4v) is 4.73. The number of nitriles is 1. The van der Waals surface area contributed by atoms with Crippen LogP contribution >= 0.6 is 11.8 Å². The largest absolute Gasteiger partial charge is 0.337 e. The highest BCUT2D eigenvalue weighted by Crippen LogP contribution is 2.42. The van der Waals surface area contributed by atoms with Gasteiger partial charge < -0.3 is 5.32 Å². The van der Waals surface area contributed by atoms with Gasteiger partial charge in [0.25, 0.3) is 0 Å². The molecule has 1 atom stereocenters. The second-order valence-electron chi connectivity index (χ2n) is 7.89. The Balaban J connectivity index is 1.53. The molecule has 1 heterocycles. The molecule has 8 heteroatoms. The molecule has 0 bridgehead atoms. The molecule has 0 unspecified atom stereocenters. The predicted octanol–water partition coefficient (Wildman–Crippen LogP) is 4.24. The molecule has 2 fully saturated rings. The van der Waals surface area contributed by atoms with Gasteiger partial charge in [-0.05, 0) is 44.7 Å². The number of hydrogen-bond acceptors (Lipinski definition) is 5. The summed E-state index contributed by atoms with van der Waals surface area (Å²) >= 11 is 1.31. The summed E-state index contributed by atoms with van der Waals surface area (Å²) in [6, 6.07) is 9.09. The average Bonchev–Trinajstić information content (AvgIpc) is 3.49. The molecule has 152 valence electrons. The van der Waals surface area contributed by atoms with Crippen LogP contribution in [0, 0.1) is 17.1 Å². The normalized spacial score (nSPS) is 19.3. The third-order valence-corrected chi connectivity index (χ3v) is 6.68. The zero-order valence-electron chi connectivity index (χ0n) is 16.4. The molecule has 6 nitrogen and oxygen atoms in total. The number of nitrogens with one attached hydrogen (secondary N) is 1. The number of nitrogens with zero attached hydrogens (tertiary/aromatic N) is 4. The van der Waals surface area contributed by atoms with Crippen LogP contribution in [-0.2, 0) is 4.79 Å². The number of benzene rings is 1. The molecular formula is C21H24FN5OS. The summed E-state index contributed by atoms with van der Waals surface area (Å²) in [6.07, 6.45) is 6.39. The minimum absolute atomic E-state index is 0.170. The first-order chi connectivity index (χ1) is 14.0. The van der Waals surface area contributed by atoms with E-state index >= 15 is 0 Å². The second kappa shape index (κ2) is 8.15.